The number of carbonyl (C=O) groups excluding carboxylic acids is 1. The Hall–Kier alpha value is -1.97. The fourth-order valence-corrected chi connectivity index (χ4v) is 2.40. The number of Topliss-reactive ketones (excluding diaryl/α,β-unsaturated/α-hetero) is 1. The van der Waals surface area contributed by atoms with Crippen molar-refractivity contribution in [3.05, 3.63) is 28.3 Å². The van der Waals surface area contributed by atoms with Gasteiger partial charge in [0.15, 0.2) is 5.78 Å². The van der Waals surface area contributed by atoms with E-state index in [1.165, 1.54) is 0 Å². The average molecular weight is 276 g/mol. The van der Waals surface area contributed by atoms with E-state index in [1.807, 2.05) is 19.9 Å². The quantitative estimate of drug-likeness (QED) is 0.814. The van der Waals surface area contributed by atoms with Gasteiger partial charge in [-0.1, -0.05) is 11.6 Å². The number of hydrogen-bond donors (Lipinski definition) is 2. The maximum absolute atomic E-state index is 12.1. The second kappa shape index (κ2) is 5.19. The highest BCUT2D eigenvalue weighted by atomic mass is 16.5. The number of fused-ring (bicyclic) bond motifs is 1. The van der Waals surface area contributed by atoms with E-state index in [-0.39, 0.29) is 35.4 Å². The molecule has 1 aliphatic heterocycles. The molecule has 0 saturated heterocycles. The van der Waals surface area contributed by atoms with Crippen molar-refractivity contribution in [3.8, 4) is 17.2 Å². The lowest BCUT2D eigenvalue weighted by atomic mass is 9.92. The van der Waals surface area contributed by atoms with Crippen LogP contribution in [0.15, 0.2) is 11.6 Å². The summed E-state index contributed by atoms with van der Waals surface area (Å²) in [6, 6.07) is 0. The zero-order valence-corrected chi connectivity index (χ0v) is 12.3. The van der Waals surface area contributed by atoms with Gasteiger partial charge in [-0.3, -0.25) is 4.79 Å². The highest BCUT2D eigenvalue weighted by Gasteiger charge is 2.32. The molecule has 0 aromatic heterocycles. The van der Waals surface area contributed by atoms with Gasteiger partial charge in [0, 0.05) is 17.5 Å². The number of ketones is 1. The summed E-state index contributed by atoms with van der Waals surface area (Å²) in [5.74, 6) is 0.0145. The van der Waals surface area contributed by atoms with E-state index in [0.29, 0.717) is 23.3 Å². The summed E-state index contributed by atoms with van der Waals surface area (Å²) < 4.78 is 5.62. The number of rotatable bonds is 2. The molecule has 0 spiro atoms. The van der Waals surface area contributed by atoms with Crippen molar-refractivity contribution in [2.24, 2.45) is 0 Å². The molecule has 0 radical (unpaired) electrons. The van der Waals surface area contributed by atoms with Gasteiger partial charge in [0.1, 0.15) is 28.9 Å². The number of carbonyl (C=O) groups is 1. The van der Waals surface area contributed by atoms with Crippen LogP contribution < -0.4 is 4.74 Å². The van der Waals surface area contributed by atoms with Gasteiger partial charge >= 0.3 is 0 Å². The average Bonchev–Trinajstić information content (AvgIpc) is 2.34. The van der Waals surface area contributed by atoms with Gasteiger partial charge in [-0.15, -0.1) is 0 Å². The lowest BCUT2D eigenvalue weighted by molar-refractivity contribution is 0.0864. The Labute approximate surface area is 118 Å². The van der Waals surface area contributed by atoms with E-state index in [1.54, 1.807) is 13.8 Å². The number of benzene rings is 1. The van der Waals surface area contributed by atoms with Gasteiger partial charge in [0.05, 0.1) is 0 Å². The second-order valence-corrected chi connectivity index (χ2v) is 5.55. The largest absolute Gasteiger partial charge is 0.507 e. The minimum absolute atomic E-state index is 0.000602. The van der Waals surface area contributed by atoms with Crippen LogP contribution in [0.25, 0.3) is 0 Å². The molecule has 0 bridgehead atoms. The van der Waals surface area contributed by atoms with E-state index in [9.17, 15) is 15.0 Å². The summed E-state index contributed by atoms with van der Waals surface area (Å²) in [5.41, 5.74) is 2.18. The molecule has 0 fully saturated rings. The monoisotopic (exact) mass is 276 g/mol. The molecular weight excluding hydrogens is 256 g/mol. The van der Waals surface area contributed by atoms with Crippen molar-refractivity contribution >= 4 is 5.78 Å². The van der Waals surface area contributed by atoms with Gasteiger partial charge < -0.3 is 14.9 Å². The molecule has 2 rings (SSSR count). The van der Waals surface area contributed by atoms with Gasteiger partial charge in [0.2, 0.25) is 0 Å². The normalized spacial score (nSPS) is 17.4. The van der Waals surface area contributed by atoms with Crippen LogP contribution in [0.2, 0.25) is 0 Å². The molecule has 1 heterocycles. The summed E-state index contributed by atoms with van der Waals surface area (Å²) in [4.78, 5) is 12.1. The lowest BCUT2D eigenvalue weighted by Crippen LogP contribution is -2.25. The molecule has 1 aliphatic rings. The third-order valence-corrected chi connectivity index (χ3v) is 3.52. The number of allylic oxidation sites excluding steroid dienone is 2. The third-order valence-electron chi connectivity index (χ3n) is 3.52. The number of aromatic hydroxyl groups is 2. The molecule has 1 aromatic rings. The van der Waals surface area contributed by atoms with E-state index in [0.717, 1.165) is 5.57 Å². The molecule has 20 heavy (non-hydrogen) atoms. The first-order valence-corrected chi connectivity index (χ1v) is 6.73. The minimum Gasteiger partial charge on any atom is -0.507 e. The van der Waals surface area contributed by atoms with Crippen molar-refractivity contribution < 1.29 is 19.7 Å². The Morgan fingerprint density at radius 2 is 2.00 bits per heavy atom. The van der Waals surface area contributed by atoms with Crippen LogP contribution in [0, 0.1) is 6.92 Å². The fourth-order valence-electron chi connectivity index (χ4n) is 2.40. The highest BCUT2D eigenvalue weighted by molar-refractivity contribution is 6.03. The number of phenolic OH excluding ortho intramolecular Hbond substituents is 2. The van der Waals surface area contributed by atoms with E-state index in [4.69, 9.17) is 4.74 Å². The Balaban J connectivity index is 2.63. The molecule has 0 aliphatic carbocycles. The summed E-state index contributed by atoms with van der Waals surface area (Å²) in [6.45, 7) is 7.38. The summed E-state index contributed by atoms with van der Waals surface area (Å²) in [5, 5.41) is 20.6. The SMILES string of the molecule is CC(C)=CCc1c(O)c(C)c2c(c1O)C(=O)CC(C)O2. The molecular formula is C16H20O4. The summed E-state index contributed by atoms with van der Waals surface area (Å²) in [7, 11) is 0. The molecule has 0 saturated carbocycles. The molecule has 0 amide bonds. The Morgan fingerprint density at radius 3 is 2.60 bits per heavy atom. The molecule has 1 atom stereocenters. The standard InChI is InChI=1S/C16H20O4/c1-8(2)5-6-11-14(18)10(4)16-13(15(11)19)12(17)7-9(3)20-16/h5,9,18-19H,6-7H2,1-4H3. The van der Waals surface area contributed by atoms with Gasteiger partial charge in [0.25, 0.3) is 0 Å². The van der Waals surface area contributed by atoms with Crippen LogP contribution in [0.5, 0.6) is 17.2 Å². The topological polar surface area (TPSA) is 66.8 Å². The second-order valence-electron chi connectivity index (χ2n) is 5.55. The lowest BCUT2D eigenvalue weighted by Gasteiger charge is -2.26. The van der Waals surface area contributed by atoms with Crippen LogP contribution in [0.3, 0.4) is 0 Å². The van der Waals surface area contributed by atoms with Crippen molar-refractivity contribution in [1.82, 2.24) is 0 Å². The van der Waals surface area contributed by atoms with Crippen LogP contribution in [0.1, 0.15) is 48.7 Å². The van der Waals surface area contributed by atoms with Crippen molar-refractivity contribution in [1.29, 1.82) is 0 Å². The smallest absolute Gasteiger partial charge is 0.174 e. The van der Waals surface area contributed by atoms with Crippen LogP contribution in [-0.4, -0.2) is 22.1 Å². The summed E-state index contributed by atoms with van der Waals surface area (Å²) >= 11 is 0. The Bertz CT molecular complexity index is 595. The number of phenols is 2. The maximum Gasteiger partial charge on any atom is 0.174 e. The van der Waals surface area contributed by atoms with Crippen LogP contribution in [0.4, 0.5) is 0 Å². The van der Waals surface area contributed by atoms with Gasteiger partial charge in [-0.05, 0) is 34.1 Å². The molecule has 1 aromatic carbocycles. The number of ether oxygens (including phenoxy) is 1. The van der Waals surface area contributed by atoms with Gasteiger partial charge in [-0.25, -0.2) is 0 Å². The van der Waals surface area contributed by atoms with Gasteiger partial charge in [-0.2, -0.15) is 0 Å². The highest BCUT2D eigenvalue weighted by Crippen LogP contribution is 2.45. The van der Waals surface area contributed by atoms with Crippen LogP contribution >= 0.6 is 0 Å². The molecule has 1 unspecified atom stereocenters. The number of hydrogen-bond acceptors (Lipinski definition) is 4. The Morgan fingerprint density at radius 1 is 1.35 bits per heavy atom. The van der Waals surface area contributed by atoms with E-state index >= 15 is 0 Å². The third kappa shape index (κ3) is 2.38. The molecule has 108 valence electrons. The molecule has 4 nitrogen and oxygen atoms in total. The first-order chi connectivity index (χ1) is 9.32. The predicted molar refractivity (Wildman–Crippen MR) is 76.7 cm³/mol. The van der Waals surface area contributed by atoms with Crippen molar-refractivity contribution in [2.45, 2.75) is 46.6 Å². The molecule has 4 heteroatoms. The van der Waals surface area contributed by atoms with Crippen LogP contribution in [-0.2, 0) is 6.42 Å². The maximum atomic E-state index is 12.1. The summed E-state index contributed by atoms with van der Waals surface area (Å²) in [6.07, 6.45) is 2.29. The molecule has 2 N–H and O–H groups in total. The van der Waals surface area contributed by atoms with E-state index < -0.39 is 0 Å². The minimum atomic E-state index is -0.240. The zero-order chi connectivity index (χ0) is 15.0. The van der Waals surface area contributed by atoms with E-state index in [2.05, 4.69) is 0 Å². The predicted octanol–water partition coefficient (Wildman–Crippen LogP) is 3.27. The zero-order valence-electron chi connectivity index (χ0n) is 12.3. The Kier molecular flexibility index (Phi) is 3.75. The fraction of sp³-hybridized carbons (Fsp3) is 0.438. The first kappa shape index (κ1) is 14.4. The van der Waals surface area contributed by atoms with Crippen molar-refractivity contribution in [3.63, 3.8) is 0 Å². The first-order valence-electron chi connectivity index (χ1n) is 6.73. The van der Waals surface area contributed by atoms with Crippen molar-refractivity contribution in [2.75, 3.05) is 0 Å².